The van der Waals surface area contributed by atoms with Crippen molar-refractivity contribution in [2.75, 3.05) is 67.8 Å². The fraction of sp³-hybridized carbons (Fsp3) is 0.317. The Morgan fingerprint density at radius 1 is 0.567 bits per heavy atom. The Morgan fingerprint density at radius 3 is 1.46 bits per heavy atom. The first-order valence-electron chi connectivity index (χ1n) is 28.1. The zero-order valence-electron chi connectivity index (χ0n) is 53.7. The zero-order chi connectivity index (χ0) is 73.6. The predicted molar refractivity (Wildman–Crippen MR) is 338 cm³/mol. The number of carbonyl (C=O) groups excluding carboxylic acids is 3. The number of Topliss-reactive ketones (excluding diaryl/α,β-unsaturated/α-hetero) is 1. The number of aromatic carboxylic acids is 1. The first-order chi connectivity index (χ1) is 44.6. The Hall–Kier alpha value is -10.1. The first kappa shape index (κ1) is 79.3. The molecule has 2 amide bonds. The summed E-state index contributed by atoms with van der Waals surface area (Å²) in [6.07, 6.45) is -11.9. The van der Waals surface area contributed by atoms with Crippen molar-refractivity contribution >= 4 is 68.7 Å². The second-order valence-electron chi connectivity index (χ2n) is 22.6. The highest BCUT2D eigenvalue weighted by Gasteiger charge is 2.36. The number of ketones is 1. The number of amides is 2. The van der Waals surface area contributed by atoms with Gasteiger partial charge in [-0.3, -0.25) is 39.6 Å². The molecule has 3 aromatic heterocycles. The molecule has 1 unspecified atom stereocenters. The van der Waals surface area contributed by atoms with Gasteiger partial charge in [0.15, 0.2) is 5.78 Å². The Morgan fingerprint density at radius 2 is 1.00 bits per heavy atom. The van der Waals surface area contributed by atoms with E-state index >= 15 is 0 Å². The number of halogens is 12. The number of anilines is 2. The lowest BCUT2D eigenvalue weighted by atomic mass is 10.0. The van der Waals surface area contributed by atoms with Gasteiger partial charge in [-0.15, -0.1) is 11.3 Å². The van der Waals surface area contributed by atoms with Gasteiger partial charge >= 0.3 is 30.7 Å². The van der Waals surface area contributed by atoms with E-state index in [4.69, 9.17) is 16.6 Å². The van der Waals surface area contributed by atoms with Crippen LogP contribution in [0.4, 0.5) is 75.4 Å². The van der Waals surface area contributed by atoms with Crippen LogP contribution in [0.1, 0.15) is 115 Å². The van der Waals surface area contributed by atoms with Crippen molar-refractivity contribution in [3.05, 3.63) is 213 Å². The molecule has 522 valence electrons. The predicted octanol–water partition coefficient (Wildman–Crippen LogP) is 13.7. The summed E-state index contributed by atoms with van der Waals surface area (Å²) < 4.78 is 151. The van der Waals surface area contributed by atoms with Gasteiger partial charge in [-0.25, -0.2) is 14.8 Å². The van der Waals surface area contributed by atoms with Crippen LogP contribution in [-0.2, 0) is 51.3 Å². The van der Waals surface area contributed by atoms with E-state index in [1.165, 1.54) is 55.8 Å². The van der Waals surface area contributed by atoms with Gasteiger partial charge in [0.1, 0.15) is 11.2 Å². The molecule has 21 nitrogen and oxygen atoms in total. The summed E-state index contributed by atoms with van der Waals surface area (Å²) in [7, 11) is 15.3. The van der Waals surface area contributed by atoms with Crippen molar-refractivity contribution in [3.63, 3.8) is 0 Å². The van der Waals surface area contributed by atoms with E-state index in [1.807, 2.05) is 23.9 Å². The fourth-order valence-electron chi connectivity index (χ4n) is 8.78. The number of nitro benzene ring substituents is 2. The number of hydrogen-bond acceptors (Lipinski definition) is 16. The number of rotatable bonds is 15. The molecule has 8 aromatic rings. The van der Waals surface area contributed by atoms with E-state index in [1.54, 1.807) is 48.9 Å². The van der Waals surface area contributed by atoms with Gasteiger partial charge in [-0.1, -0.05) is 30.7 Å². The van der Waals surface area contributed by atoms with Gasteiger partial charge < -0.3 is 40.7 Å². The topological polar surface area (TPSA) is 283 Å². The van der Waals surface area contributed by atoms with Crippen molar-refractivity contribution in [1.82, 2.24) is 39.1 Å². The maximum Gasteiger partial charge on any atom is 0.416 e. The number of non-ortho nitro benzene ring substituents is 2. The molecule has 8 rings (SSSR count). The SMILES string of the molecule is CN(C)C(=O)c1cc(N)cc(C(F)(F)F)c1.CN(C)C(=O)c1cc([N+](=O)[O-])cc(C(F)(F)F)c1.CN(C)Cc1cc(N)cc(C(F)(F)F)c1.Cc1cc(Cc2ncc(C(C)CC(=O)c3cc4c(cn3)ncn4C)s2)cc(CN(C)C)c1.O=C(O)c1cc([N+](=O)[O-])cc(C(F)(F)F)c1. The third-order valence-corrected chi connectivity index (χ3v) is 14.3. The first-order valence-corrected chi connectivity index (χ1v) is 28.9. The van der Waals surface area contributed by atoms with E-state index in [0.717, 1.165) is 69.1 Å². The molecule has 0 saturated carbocycles. The minimum Gasteiger partial charge on any atom is -0.478 e. The largest absolute Gasteiger partial charge is 0.478 e. The second-order valence-corrected chi connectivity index (χ2v) is 23.8. The Balaban J connectivity index is 0.000000269. The number of imidazole rings is 1. The molecule has 0 aliphatic rings. The number of hydrogen-bond donors (Lipinski definition) is 3. The minimum atomic E-state index is -4.82. The van der Waals surface area contributed by atoms with Crippen molar-refractivity contribution in [2.45, 2.75) is 70.4 Å². The van der Waals surface area contributed by atoms with Gasteiger partial charge in [0.2, 0.25) is 0 Å². The van der Waals surface area contributed by atoms with Crippen molar-refractivity contribution in [2.24, 2.45) is 7.05 Å². The number of fused-ring (bicyclic) bond motifs is 1. The minimum absolute atomic E-state index is 0.0440. The smallest absolute Gasteiger partial charge is 0.416 e. The Kier molecular flexibility index (Phi) is 27.0. The number of aryl methyl sites for hydroxylation is 2. The van der Waals surface area contributed by atoms with Crippen molar-refractivity contribution in [1.29, 1.82) is 0 Å². The number of carboxylic acids is 1. The van der Waals surface area contributed by atoms with Crippen LogP contribution in [0.2, 0.25) is 0 Å². The summed E-state index contributed by atoms with van der Waals surface area (Å²) in [5.74, 6) is -2.77. The van der Waals surface area contributed by atoms with E-state index in [-0.39, 0.29) is 40.3 Å². The van der Waals surface area contributed by atoms with Crippen molar-refractivity contribution < 1.29 is 86.8 Å². The number of nitrogens with zero attached hydrogens (tertiary/aromatic N) is 10. The summed E-state index contributed by atoms with van der Waals surface area (Å²) in [5.41, 5.74) is 10.3. The third-order valence-electron chi connectivity index (χ3n) is 13.1. The fourth-order valence-corrected chi connectivity index (χ4v) is 9.79. The van der Waals surface area contributed by atoms with Crippen LogP contribution in [0.5, 0.6) is 0 Å². The quantitative estimate of drug-likeness (QED) is 0.0283. The second kappa shape index (κ2) is 33.0. The molecule has 3 heterocycles. The molecule has 5 aromatic carbocycles. The van der Waals surface area contributed by atoms with Crippen LogP contribution in [0, 0.1) is 27.2 Å². The summed E-state index contributed by atoms with van der Waals surface area (Å²) in [5, 5.41) is 30.4. The maximum atomic E-state index is 12.9. The molecule has 0 radical (unpaired) electrons. The zero-order valence-corrected chi connectivity index (χ0v) is 54.5. The molecular formula is C63H66F12N12O9S. The molecule has 5 N–H and O–H groups in total. The maximum absolute atomic E-state index is 12.9. The van der Waals surface area contributed by atoms with Gasteiger partial charge in [-0.05, 0) is 112 Å². The number of pyridine rings is 1. The van der Waals surface area contributed by atoms with Gasteiger partial charge in [0.25, 0.3) is 23.2 Å². The number of aromatic nitrogens is 4. The molecule has 0 fully saturated rings. The van der Waals surface area contributed by atoms with E-state index in [9.17, 15) is 92.1 Å². The number of benzene rings is 5. The van der Waals surface area contributed by atoms with E-state index < -0.39 is 91.5 Å². The number of nitrogen functional groups attached to an aromatic ring is 2. The van der Waals surface area contributed by atoms with Crippen LogP contribution in [0.15, 0.2) is 116 Å². The number of carboxylic acid groups (broad SMARTS) is 1. The number of nitro groups is 2. The lowest BCUT2D eigenvalue weighted by molar-refractivity contribution is -0.385. The molecule has 0 aliphatic heterocycles. The Bertz CT molecular complexity index is 4100. The number of nitrogens with two attached hydrogens (primary N) is 2. The molecule has 1 atom stereocenters. The van der Waals surface area contributed by atoms with Crippen molar-refractivity contribution in [3.8, 4) is 0 Å². The number of alkyl halides is 12. The highest BCUT2D eigenvalue weighted by atomic mass is 32.1. The lowest BCUT2D eigenvalue weighted by Crippen LogP contribution is -2.22. The van der Waals surface area contributed by atoms with Gasteiger partial charge in [0.05, 0.1) is 60.7 Å². The molecule has 0 saturated heterocycles. The standard InChI is InChI=1S/C25H29N5OS.C10H9F3N2O3.C10H11F3N2O.C10H13F3N2.C8H4F3NO4/c1-16-6-18(9-19(7-16)14-29(3)4)10-25-27-13-24(32-25)17(2)8-23(31)20-11-22-21(12-26-20)28-15-30(22)5;1-14(2)9(16)6-3-7(10(11,12)13)5-8(4-6)15(17)18;1-15(2)9(16)6-3-7(10(11,12)13)5-8(14)4-6;1-15(2)6-7-3-8(10(11,12)13)5-9(14)4-7;9-8(10,11)5-1-4(7(13)14)2-6(3-5)12(15)16/h6-7,9,11-13,15,17H,8,10,14H2,1-5H3;3-5H,1-2H3;3-5H,14H2,1-2H3;3-5H,6,14H2,1-2H3;1-3H,(H,13,14). The normalized spacial score (nSPS) is 11.8. The van der Waals surface area contributed by atoms with Gasteiger partial charge in [-0.2, -0.15) is 52.7 Å². The number of carbonyl (C=O) groups is 4. The third kappa shape index (κ3) is 24.6. The molecular weight excluding hydrogens is 1330 g/mol. The van der Waals surface area contributed by atoms with Crippen LogP contribution in [0.25, 0.3) is 11.0 Å². The highest BCUT2D eigenvalue weighted by Crippen LogP contribution is 2.36. The van der Waals surface area contributed by atoms with Crippen LogP contribution < -0.4 is 11.5 Å². The van der Waals surface area contributed by atoms with Crippen LogP contribution >= 0.6 is 11.3 Å². The molecule has 0 bridgehead atoms. The molecule has 34 heteroatoms. The Labute approximate surface area is 550 Å². The average Bonchev–Trinajstić information content (AvgIpc) is 1.67. The molecule has 0 spiro atoms. The summed E-state index contributed by atoms with van der Waals surface area (Å²) >= 11 is 1.70. The summed E-state index contributed by atoms with van der Waals surface area (Å²) in [4.78, 5) is 85.7. The molecule has 97 heavy (non-hydrogen) atoms. The monoisotopic (exact) mass is 1390 g/mol. The van der Waals surface area contributed by atoms with Crippen LogP contribution in [-0.4, -0.2) is 134 Å². The lowest BCUT2D eigenvalue weighted by Gasteiger charge is -2.13. The highest BCUT2D eigenvalue weighted by molar-refractivity contribution is 7.11. The molecule has 0 aliphatic carbocycles. The van der Waals surface area contributed by atoms with E-state index in [2.05, 4.69) is 66.0 Å². The van der Waals surface area contributed by atoms with Gasteiger partial charge in [0, 0.05) is 119 Å². The van der Waals surface area contributed by atoms with Crippen LogP contribution in [0.3, 0.4) is 0 Å². The summed E-state index contributed by atoms with van der Waals surface area (Å²) in [6, 6.07) is 18.0. The van der Waals surface area contributed by atoms with E-state index in [0.29, 0.717) is 48.5 Å². The average molecular weight is 1400 g/mol. The summed E-state index contributed by atoms with van der Waals surface area (Å²) in [6.45, 7) is 5.59. The number of thiazole rings is 1.